The Morgan fingerprint density at radius 1 is 1.33 bits per heavy atom. The lowest BCUT2D eigenvalue weighted by Gasteiger charge is -2.15. The second kappa shape index (κ2) is 4.21. The molecule has 0 unspecified atom stereocenters. The molecule has 0 N–H and O–H groups in total. The monoisotopic (exact) mass is 163 g/mol. The molecule has 0 fully saturated rings. The SMILES string of the molecule is CO[SiH]CO[Si](C)(C)C. The quantitative estimate of drug-likeness (QED) is 0.451. The minimum atomic E-state index is -1.25. The highest BCUT2D eigenvalue weighted by molar-refractivity contribution is 6.70. The predicted octanol–water partition coefficient (Wildman–Crippen LogP) is 0.793. The molecule has 0 aromatic heterocycles. The first-order valence-corrected chi connectivity index (χ1v) is 7.74. The van der Waals surface area contributed by atoms with Crippen molar-refractivity contribution in [3.05, 3.63) is 0 Å². The van der Waals surface area contributed by atoms with Crippen LogP contribution in [0.5, 0.6) is 0 Å². The Bertz CT molecular complexity index is 69.8. The summed E-state index contributed by atoms with van der Waals surface area (Å²) in [6, 6.07) is 0. The molecule has 1 radical (unpaired) electrons. The normalized spacial score (nSPS) is 12.0. The fourth-order valence-electron chi connectivity index (χ4n) is 0.352. The zero-order valence-corrected chi connectivity index (χ0v) is 8.76. The van der Waals surface area contributed by atoms with Gasteiger partial charge in [-0.15, -0.1) is 0 Å². The maximum atomic E-state index is 5.52. The van der Waals surface area contributed by atoms with Crippen molar-refractivity contribution in [3.8, 4) is 0 Å². The first-order valence-electron chi connectivity index (χ1n) is 3.04. The molecule has 55 valence electrons. The fourth-order valence-corrected chi connectivity index (χ4v) is 2.76. The van der Waals surface area contributed by atoms with Gasteiger partial charge in [0.1, 0.15) is 0 Å². The average molecular weight is 163 g/mol. The molecule has 9 heavy (non-hydrogen) atoms. The van der Waals surface area contributed by atoms with E-state index in [1.165, 1.54) is 0 Å². The van der Waals surface area contributed by atoms with Crippen LogP contribution in [0.25, 0.3) is 0 Å². The van der Waals surface area contributed by atoms with E-state index in [2.05, 4.69) is 19.6 Å². The van der Waals surface area contributed by atoms with Crippen LogP contribution in [0.15, 0.2) is 0 Å². The van der Waals surface area contributed by atoms with Gasteiger partial charge >= 0.3 is 0 Å². The summed E-state index contributed by atoms with van der Waals surface area (Å²) in [5.74, 6) is 0. The molecule has 0 aliphatic heterocycles. The second-order valence-electron chi connectivity index (χ2n) is 2.83. The molecular formula is C5H15O2Si2. The summed E-state index contributed by atoms with van der Waals surface area (Å²) < 4.78 is 10.4. The number of hydrogen-bond acceptors (Lipinski definition) is 2. The van der Waals surface area contributed by atoms with Crippen LogP contribution in [0.1, 0.15) is 0 Å². The Hall–Kier alpha value is 0.354. The fraction of sp³-hybridized carbons (Fsp3) is 1.00. The molecule has 2 nitrogen and oxygen atoms in total. The van der Waals surface area contributed by atoms with E-state index in [4.69, 9.17) is 8.85 Å². The maximum Gasteiger partial charge on any atom is 0.218 e. The van der Waals surface area contributed by atoms with Crippen molar-refractivity contribution in [2.75, 3.05) is 13.3 Å². The Labute approximate surface area is 60.6 Å². The van der Waals surface area contributed by atoms with Gasteiger partial charge in [-0.2, -0.15) is 0 Å². The standard InChI is InChI=1S/C5H15O2Si2/c1-6-8-5-7-9(2,3)4/h8H,5H2,1-4H3. The minimum Gasteiger partial charge on any atom is -0.422 e. The molecule has 0 rings (SSSR count). The van der Waals surface area contributed by atoms with E-state index in [1.807, 2.05) is 0 Å². The molecule has 0 saturated carbocycles. The smallest absolute Gasteiger partial charge is 0.218 e. The highest BCUT2D eigenvalue weighted by Gasteiger charge is 2.12. The molecule has 0 amide bonds. The third-order valence-corrected chi connectivity index (χ3v) is 2.75. The van der Waals surface area contributed by atoms with Gasteiger partial charge in [0.05, 0.1) is 0 Å². The van der Waals surface area contributed by atoms with Crippen LogP contribution in [0.4, 0.5) is 0 Å². The lowest BCUT2D eigenvalue weighted by molar-refractivity contribution is 0.341. The van der Waals surface area contributed by atoms with Gasteiger partial charge in [-0.1, -0.05) is 0 Å². The summed E-state index contributed by atoms with van der Waals surface area (Å²) in [6.07, 6.45) is 0.826. The summed E-state index contributed by atoms with van der Waals surface area (Å²) >= 11 is 0. The molecule has 0 bridgehead atoms. The van der Waals surface area contributed by atoms with E-state index in [9.17, 15) is 0 Å². The third kappa shape index (κ3) is 8.35. The van der Waals surface area contributed by atoms with Crippen LogP contribution in [-0.2, 0) is 8.85 Å². The topological polar surface area (TPSA) is 18.5 Å². The Kier molecular flexibility index (Phi) is 4.38. The van der Waals surface area contributed by atoms with E-state index in [1.54, 1.807) is 7.11 Å². The van der Waals surface area contributed by atoms with E-state index in [0.29, 0.717) is 0 Å². The van der Waals surface area contributed by atoms with E-state index >= 15 is 0 Å². The predicted molar refractivity (Wildman–Crippen MR) is 43.5 cm³/mol. The van der Waals surface area contributed by atoms with Crippen LogP contribution in [-0.4, -0.2) is 31.4 Å². The zero-order chi connectivity index (χ0) is 7.33. The molecule has 0 spiro atoms. The summed E-state index contributed by atoms with van der Waals surface area (Å²) in [7, 11) is 0.549. The third-order valence-electron chi connectivity index (χ3n) is 0.751. The van der Waals surface area contributed by atoms with Gasteiger partial charge in [-0.05, 0) is 19.6 Å². The molecule has 0 atom stereocenters. The van der Waals surface area contributed by atoms with Crippen molar-refractivity contribution in [1.29, 1.82) is 0 Å². The summed E-state index contributed by atoms with van der Waals surface area (Å²) in [5, 5.41) is 0. The molecular weight excluding hydrogens is 148 g/mol. The average Bonchev–Trinajstić information content (AvgIpc) is 1.63. The molecule has 0 saturated heterocycles. The molecule has 4 heteroatoms. The van der Waals surface area contributed by atoms with Gasteiger partial charge in [0.2, 0.25) is 9.76 Å². The highest BCUT2D eigenvalue weighted by atomic mass is 28.4. The van der Waals surface area contributed by atoms with Crippen molar-refractivity contribution >= 4 is 18.1 Å². The van der Waals surface area contributed by atoms with Crippen molar-refractivity contribution in [3.63, 3.8) is 0 Å². The maximum absolute atomic E-state index is 5.52. The zero-order valence-electron chi connectivity index (χ0n) is 6.60. The van der Waals surface area contributed by atoms with Crippen LogP contribution >= 0.6 is 0 Å². The van der Waals surface area contributed by atoms with Crippen molar-refractivity contribution in [2.24, 2.45) is 0 Å². The van der Waals surface area contributed by atoms with Crippen molar-refractivity contribution < 1.29 is 8.85 Å². The number of rotatable bonds is 4. The highest BCUT2D eigenvalue weighted by Crippen LogP contribution is 2.00. The summed E-state index contributed by atoms with van der Waals surface area (Å²) in [6.45, 7) is 6.55. The Balaban J connectivity index is 3.07. The van der Waals surface area contributed by atoms with E-state index in [-0.39, 0.29) is 9.76 Å². The molecule has 0 aliphatic rings. The van der Waals surface area contributed by atoms with Gasteiger partial charge in [-0.25, -0.2) is 0 Å². The van der Waals surface area contributed by atoms with E-state index < -0.39 is 8.32 Å². The lowest BCUT2D eigenvalue weighted by atomic mass is 11.7. The first-order chi connectivity index (χ1) is 4.06. The second-order valence-corrected chi connectivity index (χ2v) is 8.48. The largest absolute Gasteiger partial charge is 0.422 e. The minimum absolute atomic E-state index is 0.0777. The van der Waals surface area contributed by atoms with Gasteiger partial charge in [-0.3, -0.25) is 0 Å². The van der Waals surface area contributed by atoms with Gasteiger partial charge in [0, 0.05) is 13.3 Å². The Morgan fingerprint density at radius 3 is 2.22 bits per heavy atom. The van der Waals surface area contributed by atoms with Gasteiger partial charge in [0.25, 0.3) is 0 Å². The van der Waals surface area contributed by atoms with Crippen molar-refractivity contribution in [1.82, 2.24) is 0 Å². The van der Waals surface area contributed by atoms with Gasteiger partial charge in [0.15, 0.2) is 8.32 Å². The molecule has 0 aliphatic carbocycles. The number of hydrogen-bond donors (Lipinski definition) is 0. The Morgan fingerprint density at radius 2 is 1.89 bits per heavy atom. The summed E-state index contributed by atoms with van der Waals surface area (Å²) in [4.78, 5) is 0. The first kappa shape index (κ1) is 9.35. The molecule has 0 heterocycles. The molecule has 0 aromatic rings. The van der Waals surface area contributed by atoms with Crippen LogP contribution in [0.3, 0.4) is 0 Å². The van der Waals surface area contributed by atoms with Crippen LogP contribution in [0, 0.1) is 0 Å². The summed E-state index contributed by atoms with van der Waals surface area (Å²) in [5.41, 5.74) is 0. The lowest BCUT2D eigenvalue weighted by Crippen LogP contribution is -2.28. The van der Waals surface area contributed by atoms with E-state index in [0.717, 1.165) is 6.23 Å². The van der Waals surface area contributed by atoms with Gasteiger partial charge < -0.3 is 8.85 Å². The molecule has 0 aromatic carbocycles. The van der Waals surface area contributed by atoms with Crippen LogP contribution in [0.2, 0.25) is 19.6 Å². The van der Waals surface area contributed by atoms with Crippen molar-refractivity contribution in [2.45, 2.75) is 19.6 Å². The van der Waals surface area contributed by atoms with Crippen LogP contribution < -0.4 is 0 Å².